The van der Waals surface area contributed by atoms with Gasteiger partial charge in [-0.05, 0) is 43.9 Å². The van der Waals surface area contributed by atoms with Crippen molar-refractivity contribution in [3.05, 3.63) is 33.6 Å². The molecular weight excluding hydrogens is 237 g/mol. The Bertz CT molecular complexity index is 410. The lowest BCUT2D eigenvalue weighted by Gasteiger charge is -2.36. The summed E-state index contributed by atoms with van der Waals surface area (Å²) in [6.07, 6.45) is 5.04. The zero-order chi connectivity index (χ0) is 12.6. The highest BCUT2D eigenvalue weighted by molar-refractivity contribution is 6.31. The average Bonchev–Trinajstić information content (AvgIpc) is 2.27. The SMILES string of the molecule is Cc1cc(Cl)c(C)c(C2(N)CCCCC2)c1F. The van der Waals surface area contributed by atoms with Crippen molar-refractivity contribution in [2.24, 2.45) is 5.73 Å². The summed E-state index contributed by atoms with van der Waals surface area (Å²) in [6.45, 7) is 3.61. The fraction of sp³-hybridized carbons (Fsp3) is 0.571. The smallest absolute Gasteiger partial charge is 0.131 e. The molecule has 0 spiro atoms. The number of benzene rings is 1. The standard InChI is InChI=1S/C14H19ClFN/c1-9-8-11(15)10(2)12(13(9)16)14(17)6-4-3-5-7-14/h8H,3-7,17H2,1-2H3. The fourth-order valence-corrected chi connectivity index (χ4v) is 3.13. The molecule has 1 fully saturated rings. The molecule has 1 nitrogen and oxygen atoms in total. The van der Waals surface area contributed by atoms with E-state index in [1.807, 2.05) is 6.92 Å². The number of nitrogens with two attached hydrogens (primary N) is 1. The lowest BCUT2D eigenvalue weighted by molar-refractivity contribution is 0.291. The number of rotatable bonds is 1. The van der Waals surface area contributed by atoms with Crippen molar-refractivity contribution in [2.45, 2.75) is 51.5 Å². The normalized spacial score (nSPS) is 19.4. The van der Waals surface area contributed by atoms with E-state index in [1.165, 1.54) is 6.42 Å². The minimum atomic E-state index is -0.526. The van der Waals surface area contributed by atoms with Gasteiger partial charge in [0.2, 0.25) is 0 Å². The first kappa shape index (κ1) is 12.8. The molecule has 0 bridgehead atoms. The Morgan fingerprint density at radius 1 is 1.24 bits per heavy atom. The minimum absolute atomic E-state index is 0.170. The van der Waals surface area contributed by atoms with Crippen LogP contribution in [-0.2, 0) is 5.54 Å². The Balaban J connectivity index is 2.57. The van der Waals surface area contributed by atoms with E-state index in [-0.39, 0.29) is 5.82 Å². The Morgan fingerprint density at radius 3 is 2.41 bits per heavy atom. The number of halogens is 2. The Morgan fingerprint density at radius 2 is 1.82 bits per heavy atom. The third-order valence-electron chi connectivity index (χ3n) is 3.89. The van der Waals surface area contributed by atoms with E-state index < -0.39 is 5.54 Å². The molecule has 3 heteroatoms. The van der Waals surface area contributed by atoms with E-state index in [0.717, 1.165) is 31.2 Å². The molecule has 1 aliphatic carbocycles. The van der Waals surface area contributed by atoms with Crippen LogP contribution in [0.2, 0.25) is 5.02 Å². The van der Waals surface area contributed by atoms with Crippen LogP contribution in [0, 0.1) is 19.7 Å². The predicted octanol–water partition coefficient (Wildman–Crippen LogP) is 4.21. The summed E-state index contributed by atoms with van der Waals surface area (Å²) in [4.78, 5) is 0. The second kappa shape index (κ2) is 4.58. The van der Waals surface area contributed by atoms with Crippen molar-refractivity contribution in [2.75, 3.05) is 0 Å². The predicted molar refractivity (Wildman–Crippen MR) is 69.8 cm³/mol. The van der Waals surface area contributed by atoms with Crippen LogP contribution < -0.4 is 5.73 Å². The van der Waals surface area contributed by atoms with Gasteiger partial charge < -0.3 is 5.73 Å². The van der Waals surface area contributed by atoms with Gasteiger partial charge in [0, 0.05) is 16.1 Å². The van der Waals surface area contributed by atoms with Gasteiger partial charge in [0.15, 0.2) is 0 Å². The summed E-state index contributed by atoms with van der Waals surface area (Å²) in [5.74, 6) is -0.170. The van der Waals surface area contributed by atoms with Crippen molar-refractivity contribution in [3.63, 3.8) is 0 Å². The van der Waals surface area contributed by atoms with Gasteiger partial charge in [0.05, 0.1) is 0 Å². The second-order valence-corrected chi connectivity index (χ2v) is 5.61. The van der Waals surface area contributed by atoms with Crippen LogP contribution in [0.25, 0.3) is 0 Å². The largest absolute Gasteiger partial charge is 0.321 e. The molecule has 2 N–H and O–H groups in total. The van der Waals surface area contributed by atoms with E-state index >= 15 is 0 Å². The zero-order valence-corrected chi connectivity index (χ0v) is 11.2. The van der Waals surface area contributed by atoms with Crippen molar-refractivity contribution >= 4 is 11.6 Å². The van der Waals surface area contributed by atoms with Gasteiger partial charge in [-0.2, -0.15) is 0 Å². The lowest BCUT2D eigenvalue weighted by atomic mass is 9.75. The molecule has 0 atom stereocenters. The van der Waals surface area contributed by atoms with Gasteiger partial charge in [0.25, 0.3) is 0 Å². The maximum absolute atomic E-state index is 14.3. The summed E-state index contributed by atoms with van der Waals surface area (Å²) in [5, 5.41) is 0.620. The summed E-state index contributed by atoms with van der Waals surface area (Å²) >= 11 is 6.15. The average molecular weight is 256 g/mol. The molecule has 94 valence electrons. The number of hydrogen-bond donors (Lipinski definition) is 1. The van der Waals surface area contributed by atoms with Crippen LogP contribution in [0.1, 0.15) is 48.8 Å². The van der Waals surface area contributed by atoms with Crippen molar-refractivity contribution in [1.29, 1.82) is 0 Å². The maximum atomic E-state index is 14.3. The monoisotopic (exact) mass is 255 g/mol. The van der Waals surface area contributed by atoms with Gasteiger partial charge in [0.1, 0.15) is 5.82 Å². The highest BCUT2D eigenvalue weighted by Gasteiger charge is 2.34. The molecule has 1 aromatic carbocycles. The maximum Gasteiger partial charge on any atom is 0.131 e. The van der Waals surface area contributed by atoms with Crippen LogP contribution in [0.5, 0.6) is 0 Å². The summed E-state index contributed by atoms with van der Waals surface area (Å²) in [6, 6.07) is 1.68. The van der Waals surface area contributed by atoms with Gasteiger partial charge in [-0.15, -0.1) is 0 Å². The summed E-state index contributed by atoms with van der Waals surface area (Å²) in [5.41, 5.74) is 7.93. The van der Waals surface area contributed by atoms with Crippen LogP contribution in [-0.4, -0.2) is 0 Å². The first-order valence-electron chi connectivity index (χ1n) is 6.20. The molecule has 1 aromatic rings. The molecule has 0 radical (unpaired) electrons. The summed E-state index contributed by atoms with van der Waals surface area (Å²) < 4.78 is 14.3. The van der Waals surface area contributed by atoms with E-state index in [1.54, 1.807) is 13.0 Å². The van der Waals surface area contributed by atoms with Crippen LogP contribution in [0.4, 0.5) is 4.39 Å². The first-order valence-corrected chi connectivity index (χ1v) is 6.58. The van der Waals surface area contributed by atoms with E-state index in [9.17, 15) is 4.39 Å². The quantitative estimate of drug-likeness (QED) is 0.799. The van der Waals surface area contributed by atoms with Crippen LogP contribution >= 0.6 is 11.6 Å². The topological polar surface area (TPSA) is 26.0 Å². The third kappa shape index (κ3) is 2.21. The Kier molecular flexibility index (Phi) is 3.46. The van der Waals surface area contributed by atoms with E-state index in [4.69, 9.17) is 17.3 Å². The zero-order valence-electron chi connectivity index (χ0n) is 10.4. The molecule has 2 rings (SSSR count). The molecular formula is C14H19ClFN. The highest BCUT2D eigenvalue weighted by Crippen LogP contribution is 2.40. The van der Waals surface area contributed by atoms with Crippen molar-refractivity contribution in [3.8, 4) is 0 Å². The Labute approximate surface area is 107 Å². The minimum Gasteiger partial charge on any atom is -0.321 e. The lowest BCUT2D eigenvalue weighted by Crippen LogP contribution is -2.40. The van der Waals surface area contributed by atoms with Crippen LogP contribution in [0.15, 0.2) is 6.07 Å². The first-order chi connectivity index (χ1) is 7.96. The van der Waals surface area contributed by atoms with Crippen molar-refractivity contribution < 1.29 is 4.39 Å². The Hall–Kier alpha value is -0.600. The molecule has 0 aliphatic heterocycles. The van der Waals surface area contributed by atoms with Gasteiger partial charge in [-0.3, -0.25) is 0 Å². The third-order valence-corrected chi connectivity index (χ3v) is 4.28. The van der Waals surface area contributed by atoms with Gasteiger partial charge in [-0.1, -0.05) is 30.9 Å². The van der Waals surface area contributed by atoms with Gasteiger partial charge in [-0.25, -0.2) is 4.39 Å². The molecule has 0 saturated heterocycles. The summed E-state index contributed by atoms with van der Waals surface area (Å²) in [7, 11) is 0. The number of hydrogen-bond acceptors (Lipinski definition) is 1. The highest BCUT2D eigenvalue weighted by atomic mass is 35.5. The van der Waals surface area contributed by atoms with E-state index in [2.05, 4.69) is 0 Å². The molecule has 17 heavy (non-hydrogen) atoms. The molecule has 1 aliphatic rings. The van der Waals surface area contributed by atoms with Crippen LogP contribution in [0.3, 0.4) is 0 Å². The second-order valence-electron chi connectivity index (χ2n) is 5.21. The molecule has 0 amide bonds. The number of aryl methyl sites for hydroxylation is 1. The molecule has 0 heterocycles. The van der Waals surface area contributed by atoms with Gasteiger partial charge >= 0.3 is 0 Å². The molecule has 0 unspecified atom stereocenters. The fourth-order valence-electron chi connectivity index (χ4n) is 2.87. The molecule has 1 saturated carbocycles. The molecule has 0 aromatic heterocycles. The van der Waals surface area contributed by atoms with E-state index in [0.29, 0.717) is 16.1 Å². The van der Waals surface area contributed by atoms with Crippen molar-refractivity contribution in [1.82, 2.24) is 0 Å².